The van der Waals surface area contributed by atoms with E-state index in [-0.39, 0.29) is 17.7 Å². The zero-order valence-electron chi connectivity index (χ0n) is 15.9. The quantitative estimate of drug-likeness (QED) is 0.402. The second-order valence-corrected chi connectivity index (χ2v) is 6.31. The number of amides is 2. The second-order valence-electron chi connectivity index (χ2n) is 5.90. The predicted octanol–water partition coefficient (Wildman–Crippen LogP) is 2.90. The van der Waals surface area contributed by atoms with Crippen LogP contribution in [0.1, 0.15) is 23.7 Å². The van der Waals surface area contributed by atoms with Crippen LogP contribution in [0, 0.1) is 0 Å². The Kier molecular flexibility index (Phi) is 7.27. The van der Waals surface area contributed by atoms with Gasteiger partial charge in [-0.2, -0.15) is 5.10 Å². The number of anilines is 1. The first-order chi connectivity index (χ1) is 13.7. The normalized spacial score (nSPS) is 11.0. The molecule has 0 unspecified atom stereocenters. The standard InChI is InChI=1S/C19H20ClN3O6/c1-10(22-23-19(27)12-5-4-11(24)7-15(12)25)6-18(26)21-14-9-16(28-2)13(20)8-17(14)29-3/h4-5,7-9,24-25H,6H2,1-3H3,(H,21,26)(H,23,27)/b22-10+. The number of halogens is 1. The largest absolute Gasteiger partial charge is 0.508 e. The first-order valence-corrected chi connectivity index (χ1v) is 8.69. The number of benzene rings is 2. The number of hydrogen-bond donors (Lipinski definition) is 4. The molecule has 2 amide bonds. The van der Waals surface area contributed by atoms with Gasteiger partial charge >= 0.3 is 0 Å². The Balaban J connectivity index is 2.02. The summed E-state index contributed by atoms with van der Waals surface area (Å²) < 4.78 is 10.3. The Morgan fingerprint density at radius 1 is 1.10 bits per heavy atom. The average molecular weight is 422 g/mol. The molecule has 2 aromatic rings. The van der Waals surface area contributed by atoms with Gasteiger partial charge in [0.15, 0.2) is 0 Å². The first-order valence-electron chi connectivity index (χ1n) is 8.32. The SMILES string of the molecule is COc1cc(NC(=O)C/C(C)=N/NC(=O)c2ccc(O)cc2O)c(OC)cc1Cl. The van der Waals surface area contributed by atoms with E-state index in [9.17, 15) is 19.8 Å². The maximum absolute atomic E-state index is 12.3. The van der Waals surface area contributed by atoms with E-state index in [1.165, 1.54) is 38.5 Å². The fraction of sp³-hybridized carbons (Fsp3) is 0.211. The molecule has 0 aliphatic rings. The molecule has 2 rings (SSSR count). The Bertz CT molecular complexity index is 961. The van der Waals surface area contributed by atoms with Gasteiger partial charge in [-0.3, -0.25) is 9.59 Å². The van der Waals surface area contributed by atoms with Gasteiger partial charge in [0.05, 0.1) is 36.9 Å². The molecule has 0 bridgehead atoms. The highest BCUT2D eigenvalue weighted by Crippen LogP contribution is 2.35. The molecule has 9 nitrogen and oxygen atoms in total. The minimum Gasteiger partial charge on any atom is -0.508 e. The van der Waals surface area contributed by atoms with Gasteiger partial charge in [0.2, 0.25) is 5.91 Å². The number of carbonyl (C=O) groups excluding carboxylic acids is 2. The molecular formula is C19H20ClN3O6. The smallest absolute Gasteiger partial charge is 0.275 e. The summed E-state index contributed by atoms with van der Waals surface area (Å²) >= 11 is 6.03. The van der Waals surface area contributed by atoms with Gasteiger partial charge in [-0.25, -0.2) is 5.43 Å². The maximum Gasteiger partial charge on any atom is 0.275 e. The van der Waals surface area contributed by atoms with Gasteiger partial charge in [0.25, 0.3) is 5.91 Å². The minimum atomic E-state index is -0.689. The molecule has 10 heteroatoms. The average Bonchev–Trinajstić information content (AvgIpc) is 2.67. The van der Waals surface area contributed by atoms with Gasteiger partial charge in [0, 0.05) is 23.9 Å². The highest BCUT2D eigenvalue weighted by atomic mass is 35.5. The van der Waals surface area contributed by atoms with Gasteiger partial charge in [0.1, 0.15) is 23.0 Å². The van der Waals surface area contributed by atoms with E-state index < -0.39 is 17.6 Å². The van der Waals surface area contributed by atoms with Crippen LogP contribution in [0.4, 0.5) is 5.69 Å². The van der Waals surface area contributed by atoms with Crippen LogP contribution in [0.2, 0.25) is 5.02 Å². The van der Waals surface area contributed by atoms with Crippen molar-refractivity contribution in [3.8, 4) is 23.0 Å². The predicted molar refractivity (Wildman–Crippen MR) is 108 cm³/mol. The zero-order chi connectivity index (χ0) is 21.6. The molecule has 29 heavy (non-hydrogen) atoms. The molecular weight excluding hydrogens is 402 g/mol. The number of rotatable bonds is 7. The van der Waals surface area contributed by atoms with E-state index in [4.69, 9.17) is 21.1 Å². The molecule has 0 aromatic heterocycles. The molecule has 0 heterocycles. The highest BCUT2D eigenvalue weighted by Gasteiger charge is 2.14. The molecule has 0 saturated carbocycles. The van der Waals surface area contributed by atoms with Crippen molar-refractivity contribution in [1.29, 1.82) is 0 Å². The third-order valence-electron chi connectivity index (χ3n) is 3.74. The second kappa shape index (κ2) is 9.65. The number of nitrogens with zero attached hydrogens (tertiary/aromatic N) is 1. The van der Waals surface area contributed by atoms with Crippen LogP contribution in [-0.4, -0.2) is 42.0 Å². The van der Waals surface area contributed by atoms with E-state index in [2.05, 4.69) is 15.8 Å². The summed E-state index contributed by atoms with van der Waals surface area (Å²) in [6.45, 7) is 1.55. The van der Waals surface area contributed by atoms with Crippen molar-refractivity contribution >= 4 is 34.8 Å². The fourth-order valence-corrected chi connectivity index (χ4v) is 2.57. The van der Waals surface area contributed by atoms with Gasteiger partial charge in [-0.15, -0.1) is 0 Å². The van der Waals surface area contributed by atoms with Crippen LogP contribution in [-0.2, 0) is 4.79 Å². The lowest BCUT2D eigenvalue weighted by atomic mass is 10.2. The first kappa shape index (κ1) is 21.8. The summed E-state index contributed by atoms with van der Waals surface area (Å²) in [5.41, 5.74) is 2.85. The van der Waals surface area contributed by atoms with Gasteiger partial charge in [-0.1, -0.05) is 11.6 Å². The Morgan fingerprint density at radius 2 is 1.79 bits per heavy atom. The molecule has 0 spiro atoms. The van der Waals surface area contributed by atoms with Gasteiger partial charge in [-0.05, 0) is 19.1 Å². The molecule has 2 aromatic carbocycles. The summed E-state index contributed by atoms with van der Waals surface area (Å²) in [5.74, 6) is -0.937. The number of carbonyl (C=O) groups is 2. The van der Waals surface area contributed by atoms with Crippen molar-refractivity contribution in [1.82, 2.24) is 5.43 Å². The molecule has 0 aliphatic heterocycles. The number of ether oxygens (including phenoxy) is 2. The third-order valence-corrected chi connectivity index (χ3v) is 4.03. The van der Waals surface area contributed by atoms with E-state index in [1.807, 2.05) is 0 Å². The van der Waals surface area contributed by atoms with E-state index in [1.54, 1.807) is 6.92 Å². The van der Waals surface area contributed by atoms with Crippen molar-refractivity contribution in [3.63, 3.8) is 0 Å². The molecule has 154 valence electrons. The van der Waals surface area contributed by atoms with Crippen molar-refractivity contribution in [2.75, 3.05) is 19.5 Å². The number of aromatic hydroxyl groups is 2. The number of phenols is 2. The van der Waals surface area contributed by atoms with Crippen LogP contribution < -0.4 is 20.2 Å². The number of methoxy groups -OCH3 is 2. The fourth-order valence-electron chi connectivity index (χ4n) is 2.34. The van der Waals surface area contributed by atoms with E-state index in [0.717, 1.165) is 6.07 Å². The summed E-state index contributed by atoms with van der Waals surface area (Å²) in [5, 5.41) is 25.8. The number of phenolic OH excluding ortho intramolecular Hbond substituents is 2. The zero-order valence-corrected chi connectivity index (χ0v) is 16.7. The number of hydrogen-bond acceptors (Lipinski definition) is 7. The number of nitrogens with one attached hydrogen (secondary N) is 2. The Morgan fingerprint density at radius 3 is 2.41 bits per heavy atom. The lowest BCUT2D eigenvalue weighted by Crippen LogP contribution is -2.21. The van der Waals surface area contributed by atoms with E-state index >= 15 is 0 Å². The van der Waals surface area contributed by atoms with E-state index in [0.29, 0.717) is 27.9 Å². The van der Waals surface area contributed by atoms with Crippen LogP contribution in [0.5, 0.6) is 23.0 Å². The van der Waals surface area contributed by atoms with Crippen molar-refractivity contribution in [2.45, 2.75) is 13.3 Å². The molecule has 0 aliphatic carbocycles. The highest BCUT2D eigenvalue weighted by molar-refractivity contribution is 6.32. The lowest BCUT2D eigenvalue weighted by molar-refractivity contribution is -0.115. The van der Waals surface area contributed by atoms with Crippen LogP contribution >= 0.6 is 11.6 Å². The van der Waals surface area contributed by atoms with Crippen LogP contribution in [0.15, 0.2) is 35.4 Å². The maximum atomic E-state index is 12.3. The van der Waals surface area contributed by atoms with Gasteiger partial charge < -0.3 is 25.0 Å². The van der Waals surface area contributed by atoms with Crippen molar-refractivity contribution in [2.24, 2.45) is 5.10 Å². The summed E-state index contributed by atoms with van der Waals surface area (Å²) in [7, 11) is 2.89. The molecule has 0 atom stereocenters. The molecule has 0 radical (unpaired) electrons. The van der Waals surface area contributed by atoms with Crippen LogP contribution in [0.25, 0.3) is 0 Å². The minimum absolute atomic E-state index is 0.0678. The van der Waals surface area contributed by atoms with Crippen LogP contribution in [0.3, 0.4) is 0 Å². The Hall–Kier alpha value is -3.46. The number of hydrazone groups is 1. The molecule has 4 N–H and O–H groups in total. The summed E-state index contributed by atoms with van der Waals surface area (Å²) in [6, 6.07) is 6.58. The molecule has 0 fully saturated rings. The topological polar surface area (TPSA) is 129 Å². The van der Waals surface area contributed by atoms with Crippen molar-refractivity contribution < 1.29 is 29.3 Å². The monoisotopic (exact) mass is 421 g/mol. The third kappa shape index (κ3) is 5.76. The summed E-state index contributed by atoms with van der Waals surface area (Å²) in [6.07, 6.45) is -0.115. The molecule has 0 saturated heterocycles. The lowest BCUT2D eigenvalue weighted by Gasteiger charge is -2.13. The van der Waals surface area contributed by atoms with Crippen molar-refractivity contribution in [3.05, 3.63) is 40.9 Å². The Labute approximate surface area is 171 Å². The summed E-state index contributed by atoms with van der Waals surface area (Å²) in [4.78, 5) is 24.3.